The molecule has 1 saturated heterocycles. The van der Waals surface area contributed by atoms with E-state index < -0.39 is 11.6 Å². The first-order valence-corrected chi connectivity index (χ1v) is 6.64. The summed E-state index contributed by atoms with van der Waals surface area (Å²) in [6, 6.07) is 3.79. The van der Waals surface area contributed by atoms with Gasteiger partial charge in [0.1, 0.15) is 5.69 Å². The molecule has 0 saturated carbocycles. The molecule has 0 spiro atoms. The molecule has 0 unspecified atom stereocenters. The number of anilines is 1. The maximum Gasteiger partial charge on any atom is 0.150 e. The van der Waals surface area contributed by atoms with Crippen molar-refractivity contribution in [2.45, 2.75) is 6.42 Å². The zero-order valence-electron chi connectivity index (χ0n) is 11.2. The Morgan fingerprint density at radius 3 is 2.70 bits per heavy atom. The van der Waals surface area contributed by atoms with Crippen LogP contribution in [-0.4, -0.2) is 44.3 Å². The van der Waals surface area contributed by atoms with Crippen molar-refractivity contribution >= 4 is 5.69 Å². The molecular weight excluding hydrogens is 264 g/mol. The smallest absolute Gasteiger partial charge is 0.150 e. The van der Waals surface area contributed by atoms with Crippen molar-refractivity contribution in [2.24, 2.45) is 0 Å². The minimum Gasteiger partial charge on any atom is -0.380 e. The molecule has 1 fully saturated rings. The van der Waals surface area contributed by atoms with Crippen LogP contribution in [0.15, 0.2) is 12.1 Å². The number of nitriles is 1. The van der Waals surface area contributed by atoms with Crippen molar-refractivity contribution in [1.29, 1.82) is 5.26 Å². The summed E-state index contributed by atoms with van der Waals surface area (Å²) in [7, 11) is 0. The summed E-state index contributed by atoms with van der Waals surface area (Å²) < 4.78 is 32.6. The Morgan fingerprint density at radius 2 is 2.00 bits per heavy atom. The first kappa shape index (κ1) is 14.7. The van der Waals surface area contributed by atoms with Crippen molar-refractivity contribution < 1.29 is 13.5 Å². The third kappa shape index (κ3) is 3.89. The molecule has 0 aromatic heterocycles. The molecule has 0 aliphatic carbocycles. The Balaban J connectivity index is 1.89. The number of nitrogens with zero attached hydrogens (tertiary/aromatic N) is 2. The molecule has 6 heteroatoms. The molecule has 4 nitrogen and oxygen atoms in total. The van der Waals surface area contributed by atoms with Gasteiger partial charge in [0, 0.05) is 32.8 Å². The second-order valence-electron chi connectivity index (χ2n) is 4.66. The highest BCUT2D eigenvalue weighted by atomic mass is 19.1. The average Bonchev–Trinajstić information content (AvgIpc) is 2.70. The summed E-state index contributed by atoms with van der Waals surface area (Å²) in [6.07, 6.45) is 0.972. The molecule has 0 radical (unpaired) electrons. The Hall–Kier alpha value is -1.71. The Bertz CT molecular complexity index is 471. The zero-order chi connectivity index (χ0) is 14.4. The van der Waals surface area contributed by atoms with Crippen molar-refractivity contribution in [3.8, 4) is 6.07 Å². The van der Waals surface area contributed by atoms with Gasteiger partial charge in [-0.1, -0.05) is 0 Å². The van der Waals surface area contributed by atoms with Crippen LogP contribution in [-0.2, 0) is 4.74 Å². The number of benzene rings is 1. The predicted octanol–water partition coefficient (Wildman–Crippen LogP) is 1.97. The van der Waals surface area contributed by atoms with Gasteiger partial charge in [-0.05, 0) is 18.6 Å². The fourth-order valence-electron chi connectivity index (χ4n) is 2.17. The number of ether oxygens (including phenoxy) is 1. The van der Waals surface area contributed by atoms with Crippen molar-refractivity contribution in [3.05, 3.63) is 29.3 Å². The highest BCUT2D eigenvalue weighted by Crippen LogP contribution is 2.20. The van der Waals surface area contributed by atoms with E-state index in [1.165, 1.54) is 0 Å². The monoisotopic (exact) mass is 281 g/mol. The summed E-state index contributed by atoms with van der Waals surface area (Å²) >= 11 is 0. The van der Waals surface area contributed by atoms with Crippen molar-refractivity contribution in [3.63, 3.8) is 0 Å². The molecular formula is C14H17F2N3O. The van der Waals surface area contributed by atoms with Crippen LogP contribution >= 0.6 is 0 Å². The fraction of sp³-hybridized carbons (Fsp3) is 0.500. The standard InChI is InChI=1S/C14H17F2N3O/c15-12-8-11(10-17)9-13(16)14(12)18-2-4-19-3-1-6-20-7-5-19/h8-9,18H,1-7H2. The summed E-state index contributed by atoms with van der Waals surface area (Å²) in [5.41, 5.74) is -0.190. The van der Waals surface area contributed by atoms with E-state index in [1.54, 1.807) is 6.07 Å². The van der Waals surface area contributed by atoms with E-state index in [2.05, 4.69) is 10.2 Å². The van der Waals surface area contributed by atoms with Gasteiger partial charge in [-0.25, -0.2) is 8.78 Å². The summed E-state index contributed by atoms with van der Waals surface area (Å²) in [5.74, 6) is -1.47. The normalized spacial score (nSPS) is 16.4. The molecule has 1 heterocycles. The molecule has 0 atom stereocenters. The molecule has 1 aliphatic heterocycles. The lowest BCUT2D eigenvalue weighted by Gasteiger charge is -2.19. The summed E-state index contributed by atoms with van der Waals surface area (Å²) in [4.78, 5) is 2.19. The maximum atomic E-state index is 13.6. The van der Waals surface area contributed by atoms with Gasteiger partial charge in [-0.2, -0.15) is 5.26 Å². The summed E-state index contributed by atoms with van der Waals surface area (Å²) in [5, 5.41) is 11.4. The minimum absolute atomic E-state index is 0.0183. The van der Waals surface area contributed by atoms with Gasteiger partial charge in [0.25, 0.3) is 0 Å². The van der Waals surface area contributed by atoms with Gasteiger partial charge in [0.2, 0.25) is 0 Å². The molecule has 20 heavy (non-hydrogen) atoms. The number of nitrogens with one attached hydrogen (secondary N) is 1. The predicted molar refractivity (Wildman–Crippen MR) is 71.4 cm³/mol. The SMILES string of the molecule is N#Cc1cc(F)c(NCCN2CCCOCC2)c(F)c1. The van der Waals surface area contributed by atoms with E-state index in [9.17, 15) is 8.78 Å². The third-order valence-electron chi connectivity index (χ3n) is 3.22. The van der Waals surface area contributed by atoms with Gasteiger partial charge in [0.15, 0.2) is 11.6 Å². The van der Waals surface area contributed by atoms with Gasteiger partial charge in [0.05, 0.1) is 18.2 Å². The van der Waals surface area contributed by atoms with Gasteiger partial charge < -0.3 is 10.1 Å². The second kappa shape index (κ2) is 7.17. The van der Waals surface area contributed by atoms with E-state index in [0.29, 0.717) is 19.7 Å². The molecule has 108 valence electrons. The molecule has 0 amide bonds. The van der Waals surface area contributed by atoms with Crippen LogP contribution < -0.4 is 5.32 Å². The zero-order valence-corrected chi connectivity index (χ0v) is 11.2. The van der Waals surface area contributed by atoms with E-state index in [1.807, 2.05) is 0 Å². The first-order valence-electron chi connectivity index (χ1n) is 6.64. The largest absolute Gasteiger partial charge is 0.380 e. The lowest BCUT2D eigenvalue weighted by Crippen LogP contribution is -2.31. The van der Waals surface area contributed by atoms with Gasteiger partial charge >= 0.3 is 0 Å². The molecule has 2 rings (SSSR count). The topological polar surface area (TPSA) is 48.3 Å². The van der Waals surface area contributed by atoms with Gasteiger partial charge in [-0.15, -0.1) is 0 Å². The molecule has 1 aromatic carbocycles. The van der Waals surface area contributed by atoms with Crippen LogP contribution in [0.4, 0.5) is 14.5 Å². The van der Waals surface area contributed by atoms with Crippen LogP contribution in [0.3, 0.4) is 0 Å². The Labute approximate surface area is 116 Å². The quantitative estimate of drug-likeness (QED) is 0.916. The lowest BCUT2D eigenvalue weighted by molar-refractivity contribution is 0.142. The number of hydrogen-bond donors (Lipinski definition) is 1. The number of hydrogen-bond acceptors (Lipinski definition) is 4. The third-order valence-corrected chi connectivity index (χ3v) is 3.22. The fourth-order valence-corrected chi connectivity index (χ4v) is 2.17. The summed E-state index contributed by atoms with van der Waals surface area (Å²) in [6.45, 7) is 4.37. The van der Waals surface area contributed by atoms with E-state index in [0.717, 1.165) is 38.2 Å². The molecule has 0 bridgehead atoms. The van der Waals surface area contributed by atoms with Crippen LogP contribution in [0.2, 0.25) is 0 Å². The van der Waals surface area contributed by atoms with Crippen LogP contribution in [0, 0.1) is 23.0 Å². The first-order chi connectivity index (χ1) is 9.70. The van der Waals surface area contributed by atoms with Crippen LogP contribution in [0.5, 0.6) is 0 Å². The highest BCUT2D eigenvalue weighted by molar-refractivity contribution is 5.50. The van der Waals surface area contributed by atoms with E-state index in [-0.39, 0.29) is 11.3 Å². The van der Waals surface area contributed by atoms with E-state index in [4.69, 9.17) is 10.00 Å². The van der Waals surface area contributed by atoms with Gasteiger partial charge in [-0.3, -0.25) is 4.90 Å². The van der Waals surface area contributed by atoms with E-state index >= 15 is 0 Å². The number of halogens is 2. The Kier molecular flexibility index (Phi) is 5.27. The highest BCUT2D eigenvalue weighted by Gasteiger charge is 2.12. The second-order valence-corrected chi connectivity index (χ2v) is 4.66. The van der Waals surface area contributed by atoms with Crippen molar-refractivity contribution in [2.75, 3.05) is 44.7 Å². The average molecular weight is 281 g/mol. The lowest BCUT2D eigenvalue weighted by atomic mass is 10.2. The number of rotatable bonds is 4. The molecule has 1 aliphatic rings. The maximum absolute atomic E-state index is 13.6. The molecule has 1 N–H and O–H groups in total. The van der Waals surface area contributed by atoms with Crippen LogP contribution in [0.25, 0.3) is 0 Å². The Morgan fingerprint density at radius 1 is 1.25 bits per heavy atom. The van der Waals surface area contributed by atoms with Crippen molar-refractivity contribution in [1.82, 2.24) is 4.90 Å². The minimum atomic E-state index is -0.735. The van der Waals surface area contributed by atoms with Crippen LogP contribution in [0.1, 0.15) is 12.0 Å². The molecule has 1 aromatic rings.